The molecule has 2 unspecified atom stereocenters. The molecule has 20 heavy (non-hydrogen) atoms. The van der Waals surface area contributed by atoms with E-state index < -0.39 is 0 Å². The summed E-state index contributed by atoms with van der Waals surface area (Å²) in [6.07, 6.45) is 3.64. The number of carbonyl (C=O) groups is 1. The monoisotopic (exact) mass is 318 g/mol. The van der Waals surface area contributed by atoms with E-state index in [1.165, 1.54) is 0 Å². The van der Waals surface area contributed by atoms with E-state index in [1.807, 2.05) is 0 Å². The number of benzene rings is 1. The van der Waals surface area contributed by atoms with Gasteiger partial charge in [0.2, 0.25) is 0 Å². The zero-order valence-corrected chi connectivity index (χ0v) is 12.7. The van der Waals surface area contributed by atoms with E-state index >= 15 is 0 Å². The van der Waals surface area contributed by atoms with E-state index in [2.05, 4.69) is 5.32 Å². The Hall–Kier alpha value is -0.970. The number of rotatable bonds is 3. The van der Waals surface area contributed by atoms with Gasteiger partial charge in [0.25, 0.3) is 5.91 Å². The molecule has 4 nitrogen and oxygen atoms in total. The number of nitrogens with one attached hydrogen (secondary N) is 1. The largest absolute Gasteiger partial charge is 0.399 e. The van der Waals surface area contributed by atoms with Crippen molar-refractivity contribution in [2.24, 2.45) is 5.92 Å². The van der Waals surface area contributed by atoms with Crippen molar-refractivity contribution in [3.63, 3.8) is 0 Å². The smallest absolute Gasteiger partial charge is 0.252 e. The van der Waals surface area contributed by atoms with Crippen LogP contribution in [0.1, 0.15) is 36.0 Å². The molecular formula is C14H20Cl2N2O2. The molecule has 1 aromatic rings. The van der Waals surface area contributed by atoms with Gasteiger partial charge in [-0.15, -0.1) is 12.4 Å². The lowest BCUT2D eigenvalue weighted by molar-refractivity contribution is 0.0663. The highest BCUT2D eigenvalue weighted by atomic mass is 35.5. The quantitative estimate of drug-likeness (QED) is 0.750. The maximum atomic E-state index is 12.0. The molecule has 6 heteroatoms. The molecule has 0 bridgehead atoms. The van der Waals surface area contributed by atoms with Crippen molar-refractivity contribution in [2.45, 2.75) is 31.8 Å². The van der Waals surface area contributed by atoms with E-state index in [0.717, 1.165) is 25.7 Å². The molecule has 0 heterocycles. The summed E-state index contributed by atoms with van der Waals surface area (Å²) in [6.45, 7) is 0.487. The minimum Gasteiger partial charge on any atom is -0.399 e. The van der Waals surface area contributed by atoms with Gasteiger partial charge in [-0.2, -0.15) is 0 Å². The number of carbonyl (C=O) groups excluding carboxylic acids is 1. The van der Waals surface area contributed by atoms with Crippen LogP contribution in [0.15, 0.2) is 18.2 Å². The van der Waals surface area contributed by atoms with E-state index in [0.29, 0.717) is 22.8 Å². The summed E-state index contributed by atoms with van der Waals surface area (Å²) in [6, 6.07) is 4.83. The van der Waals surface area contributed by atoms with Crippen molar-refractivity contribution in [3.8, 4) is 0 Å². The van der Waals surface area contributed by atoms with E-state index in [1.54, 1.807) is 18.2 Å². The Morgan fingerprint density at radius 2 is 2.10 bits per heavy atom. The molecule has 0 radical (unpaired) electrons. The second kappa shape index (κ2) is 7.72. The Morgan fingerprint density at radius 3 is 2.75 bits per heavy atom. The van der Waals surface area contributed by atoms with Gasteiger partial charge in [-0.1, -0.05) is 24.4 Å². The van der Waals surface area contributed by atoms with Gasteiger partial charge in [-0.25, -0.2) is 0 Å². The maximum absolute atomic E-state index is 12.0. The molecule has 1 aliphatic rings. The summed E-state index contributed by atoms with van der Waals surface area (Å²) in [7, 11) is 0. The first-order valence-corrected chi connectivity index (χ1v) is 6.97. The second-order valence-electron chi connectivity index (χ2n) is 5.06. The molecule has 2 rings (SSSR count). The fourth-order valence-corrected chi connectivity index (χ4v) is 2.74. The Kier molecular flexibility index (Phi) is 6.59. The summed E-state index contributed by atoms with van der Waals surface area (Å²) in [5.74, 6) is -0.0759. The van der Waals surface area contributed by atoms with Crippen LogP contribution in [0.25, 0.3) is 0 Å². The number of amides is 1. The highest BCUT2D eigenvalue weighted by molar-refractivity contribution is 6.34. The first-order chi connectivity index (χ1) is 9.08. The van der Waals surface area contributed by atoms with Crippen LogP contribution in [0.4, 0.5) is 5.69 Å². The summed E-state index contributed by atoms with van der Waals surface area (Å²) in [5.41, 5.74) is 6.54. The molecule has 1 fully saturated rings. The van der Waals surface area contributed by atoms with Crippen LogP contribution in [-0.4, -0.2) is 23.7 Å². The van der Waals surface area contributed by atoms with Gasteiger partial charge in [0.1, 0.15) is 0 Å². The molecule has 2 atom stereocenters. The van der Waals surface area contributed by atoms with Crippen LogP contribution in [0.3, 0.4) is 0 Å². The number of aliphatic hydroxyl groups excluding tert-OH is 1. The molecule has 4 N–H and O–H groups in total. The van der Waals surface area contributed by atoms with Gasteiger partial charge < -0.3 is 16.2 Å². The van der Waals surface area contributed by atoms with E-state index in [4.69, 9.17) is 17.3 Å². The molecule has 0 saturated heterocycles. The van der Waals surface area contributed by atoms with Crippen LogP contribution in [0, 0.1) is 5.92 Å². The molecule has 0 aliphatic heterocycles. The summed E-state index contributed by atoms with van der Waals surface area (Å²) < 4.78 is 0. The van der Waals surface area contributed by atoms with Crippen LogP contribution in [-0.2, 0) is 0 Å². The lowest BCUT2D eigenvalue weighted by Gasteiger charge is -2.27. The van der Waals surface area contributed by atoms with Gasteiger partial charge in [-0.05, 0) is 31.0 Å². The summed E-state index contributed by atoms with van der Waals surface area (Å²) in [4.78, 5) is 12.0. The number of nitrogens with two attached hydrogens (primary N) is 1. The number of halogens is 2. The minimum absolute atomic E-state index is 0. The Morgan fingerprint density at radius 1 is 1.40 bits per heavy atom. The van der Waals surface area contributed by atoms with Crippen LogP contribution in [0.5, 0.6) is 0 Å². The standard InChI is InChI=1S/C14H19ClN2O2.ClH/c15-12-7-10(16)5-6-11(12)14(19)17-8-9-3-1-2-4-13(9)18;/h5-7,9,13,18H,1-4,8,16H2,(H,17,19);1H. The number of aliphatic hydroxyl groups is 1. The van der Waals surface area contributed by atoms with E-state index in [9.17, 15) is 9.90 Å². The molecule has 112 valence electrons. The van der Waals surface area contributed by atoms with Gasteiger partial charge in [0, 0.05) is 18.2 Å². The predicted molar refractivity (Wildman–Crippen MR) is 83.4 cm³/mol. The third-order valence-corrected chi connectivity index (χ3v) is 3.94. The Labute approximate surface area is 130 Å². The number of hydrogen-bond donors (Lipinski definition) is 3. The van der Waals surface area contributed by atoms with Crippen molar-refractivity contribution < 1.29 is 9.90 Å². The third-order valence-electron chi connectivity index (χ3n) is 3.63. The summed E-state index contributed by atoms with van der Waals surface area (Å²) >= 11 is 5.98. The highest BCUT2D eigenvalue weighted by Crippen LogP contribution is 2.24. The van der Waals surface area contributed by atoms with Crippen molar-refractivity contribution >= 4 is 35.6 Å². The summed E-state index contributed by atoms with van der Waals surface area (Å²) in [5, 5.41) is 13.0. The predicted octanol–water partition coefficient (Wildman–Crippen LogP) is 2.62. The fraction of sp³-hybridized carbons (Fsp3) is 0.500. The lowest BCUT2D eigenvalue weighted by Crippen LogP contribution is -2.36. The molecule has 1 aliphatic carbocycles. The van der Waals surface area contributed by atoms with E-state index in [-0.39, 0.29) is 30.3 Å². The number of hydrogen-bond acceptors (Lipinski definition) is 3. The fourth-order valence-electron chi connectivity index (χ4n) is 2.46. The number of nitrogen functional groups attached to an aromatic ring is 1. The SMILES string of the molecule is Cl.Nc1ccc(C(=O)NCC2CCCCC2O)c(Cl)c1. The lowest BCUT2D eigenvalue weighted by atomic mass is 9.86. The van der Waals surface area contributed by atoms with Gasteiger partial charge in [-0.3, -0.25) is 4.79 Å². The first kappa shape index (κ1) is 17.1. The molecule has 0 aromatic heterocycles. The van der Waals surface area contributed by atoms with Crippen molar-refractivity contribution in [1.82, 2.24) is 5.32 Å². The van der Waals surface area contributed by atoms with Crippen LogP contribution < -0.4 is 11.1 Å². The average molecular weight is 319 g/mol. The molecule has 0 spiro atoms. The van der Waals surface area contributed by atoms with Crippen molar-refractivity contribution in [3.05, 3.63) is 28.8 Å². The first-order valence-electron chi connectivity index (χ1n) is 6.59. The normalized spacial score (nSPS) is 21.9. The zero-order valence-electron chi connectivity index (χ0n) is 11.1. The Balaban J connectivity index is 0.00000200. The highest BCUT2D eigenvalue weighted by Gasteiger charge is 2.23. The topological polar surface area (TPSA) is 75.4 Å². The number of anilines is 1. The Bertz CT molecular complexity index is 468. The van der Waals surface area contributed by atoms with Gasteiger partial charge >= 0.3 is 0 Å². The molecular weight excluding hydrogens is 299 g/mol. The molecule has 1 saturated carbocycles. The molecule has 1 amide bonds. The maximum Gasteiger partial charge on any atom is 0.252 e. The average Bonchev–Trinajstić information content (AvgIpc) is 2.37. The van der Waals surface area contributed by atoms with Crippen LogP contribution in [0.2, 0.25) is 5.02 Å². The van der Waals surface area contributed by atoms with Gasteiger partial charge in [0.15, 0.2) is 0 Å². The van der Waals surface area contributed by atoms with Crippen molar-refractivity contribution in [1.29, 1.82) is 0 Å². The van der Waals surface area contributed by atoms with Gasteiger partial charge in [0.05, 0.1) is 16.7 Å². The zero-order chi connectivity index (χ0) is 13.8. The molecule has 1 aromatic carbocycles. The second-order valence-corrected chi connectivity index (χ2v) is 5.47. The third kappa shape index (κ3) is 4.27. The minimum atomic E-state index is -0.309. The van der Waals surface area contributed by atoms with Crippen LogP contribution >= 0.6 is 24.0 Å². The van der Waals surface area contributed by atoms with Crippen molar-refractivity contribution in [2.75, 3.05) is 12.3 Å².